The fourth-order valence-electron chi connectivity index (χ4n) is 2.61. The topological polar surface area (TPSA) is 90.9 Å². The van der Waals surface area contributed by atoms with E-state index in [1.165, 1.54) is 14.2 Å². The molecule has 0 spiro atoms. The number of nitrogens with zero attached hydrogens (tertiary/aromatic N) is 3. The third kappa shape index (κ3) is 3.40. The summed E-state index contributed by atoms with van der Waals surface area (Å²) in [7, 11) is 2.50. The van der Waals surface area contributed by atoms with Crippen molar-refractivity contribution in [2.45, 2.75) is 0 Å². The van der Waals surface area contributed by atoms with Crippen LogP contribution < -0.4 is 4.90 Å². The van der Waals surface area contributed by atoms with E-state index in [-0.39, 0.29) is 24.6 Å². The largest absolute Gasteiger partial charge is 0.466 e. The zero-order chi connectivity index (χ0) is 18.5. The normalized spacial score (nSPS) is 14.2. The molecule has 0 amide bonds. The summed E-state index contributed by atoms with van der Waals surface area (Å²) in [4.78, 5) is 34.4. The van der Waals surface area contributed by atoms with Gasteiger partial charge in [0.25, 0.3) is 0 Å². The number of carbonyl (C=O) groups excluding carboxylic acids is 2. The van der Waals surface area contributed by atoms with E-state index in [0.717, 1.165) is 5.56 Å². The summed E-state index contributed by atoms with van der Waals surface area (Å²) in [6.07, 6.45) is 3.29. The van der Waals surface area contributed by atoms with E-state index in [1.54, 1.807) is 29.4 Å². The first kappa shape index (κ1) is 17.6. The molecule has 0 atom stereocenters. The van der Waals surface area contributed by atoms with Gasteiger partial charge < -0.3 is 19.1 Å². The summed E-state index contributed by atoms with van der Waals surface area (Å²) in [6.45, 7) is 0.0547. The maximum atomic E-state index is 12.3. The molecule has 26 heavy (non-hydrogen) atoms. The first-order valence-corrected chi connectivity index (χ1v) is 7.78. The highest BCUT2D eigenvalue weighted by Gasteiger charge is 2.32. The molecule has 0 bridgehead atoms. The van der Waals surface area contributed by atoms with Crippen LogP contribution in [0.25, 0.3) is 11.4 Å². The number of methoxy groups -OCH3 is 2. The minimum Gasteiger partial charge on any atom is -0.466 e. The molecule has 134 valence electrons. The molecule has 1 aromatic carbocycles. The SMILES string of the molecule is COC(=O)C1=C(C(=O)OC)N(c2cccc(-c3ncccn3)c2)COC1. The van der Waals surface area contributed by atoms with Gasteiger partial charge in [-0.05, 0) is 18.2 Å². The number of anilines is 1. The Hall–Kier alpha value is -3.26. The van der Waals surface area contributed by atoms with Crippen molar-refractivity contribution < 1.29 is 23.8 Å². The van der Waals surface area contributed by atoms with Crippen LogP contribution in [-0.4, -0.2) is 49.5 Å². The monoisotopic (exact) mass is 355 g/mol. The maximum Gasteiger partial charge on any atom is 0.355 e. The molecule has 0 saturated carbocycles. The molecule has 3 rings (SSSR count). The highest BCUT2D eigenvalue weighted by molar-refractivity contribution is 6.03. The number of benzene rings is 1. The molecule has 0 fully saturated rings. The van der Waals surface area contributed by atoms with Gasteiger partial charge in [-0.25, -0.2) is 19.6 Å². The minimum absolute atomic E-state index is 0.0326. The highest BCUT2D eigenvalue weighted by Crippen LogP contribution is 2.29. The molecule has 0 unspecified atom stereocenters. The molecule has 1 aliphatic rings. The second kappa shape index (κ2) is 7.75. The van der Waals surface area contributed by atoms with E-state index < -0.39 is 11.9 Å². The van der Waals surface area contributed by atoms with Gasteiger partial charge in [-0.2, -0.15) is 0 Å². The van der Waals surface area contributed by atoms with Crippen LogP contribution >= 0.6 is 0 Å². The van der Waals surface area contributed by atoms with E-state index in [2.05, 4.69) is 9.97 Å². The van der Waals surface area contributed by atoms with Crippen molar-refractivity contribution in [1.82, 2.24) is 9.97 Å². The zero-order valence-corrected chi connectivity index (χ0v) is 14.3. The van der Waals surface area contributed by atoms with Gasteiger partial charge in [0.2, 0.25) is 0 Å². The lowest BCUT2D eigenvalue weighted by atomic mass is 10.1. The molecule has 0 N–H and O–H groups in total. The number of hydrogen-bond donors (Lipinski definition) is 0. The lowest BCUT2D eigenvalue weighted by molar-refractivity contribution is -0.140. The van der Waals surface area contributed by atoms with Gasteiger partial charge in [-0.3, -0.25) is 0 Å². The van der Waals surface area contributed by atoms with E-state index in [9.17, 15) is 9.59 Å². The molecule has 8 nitrogen and oxygen atoms in total. The van der Waals surface area contributed by atoms with Crippen molar-refractivity contribution in [1.29, 1.82) is 0 Å². The third-order valence-electron chi connectivity index (χ3n) is 3.81. The van der Waals surface area contributed by atoms with Gasteiger partial charge >= 0.3 is 11.9 Å². The quantitative estimate of drug-likeness (QED) is 0.763. The molecular formula is C18H17N3O5. The summed E-state index contributed by atoms with van der Waals surface area (Å²) < 4.78 is 15.1. The molecule has 1 aliphatic heterocycles. The van der Waals surface area contributed by atoms with Gasteiger partial charge in [0.15, 0.2) is 5.82 Å². The summed E-state index contributed by atoms with van der Waals surface area (Å²) in [5.41, 5.74) is 1.60. The Morgan fingerprint density at radius 2 is 1.81 bits per heavy atom. The number of carbonyl (C=O) groups is 2. The van der Waals surface area contributed by atoms with Crippen LogP contribution in [0.5, 0.6) is 0 Å². The smallest absolute Gasteiger partial charge is 0.355 e. The van der Waals surface area contributed by atoms with Crippen molar-refractivity contribution in [2.24, 2.45) is 0 Å². The first-order chi connectivity index (χ1) is 12.7. The maximum absolute atomic E-state index is 12.3. The lowest BCUT2D eigenvalue weighted by Gasteiger charge is -2.31. The van der Waals surface area contributed by atoms with Gasteiger partial charge in [-0.15, -0.1) is 0 Å². The van der Waals surface area contributed by atoms with Crippen molar-refractivity contribution in [3.8, 4) is 11.4 Å². The van der Waals surface area contributed by atoms with Crippen LogP contribution in [0.4, 0.5) is 5.69 Å². The molecular weight excluding hydrogens is 338 g/mol. The molecule has 2 aromatic rings. The molecule has 1 aromatic heterocycles. The Kier molecular flexibility index (Phi) is 5.23. The van der Waals surface area contributed by atoms with Crippen LogP contribution in [0, 0.1) is 0 Å². The predicted octanol–water partition coefficient (Wildman–Crippen LogP) is 1.54. The second-order valence-corrected chi connectivity index (χ2v) is 5.34. The van der Waals surface area contributed by atoms with Crippen molar-refractivity contribution in [3.05, 3.63) is 54.0 Å². The Morgan fingerprint density at radius 3 is 2.50 bits per heavy atom. The number of rotatable bonds is 4. The number of ether oxygens (including phenoxy) is 3. The van der Waals surface area contributed by atoms with Gasteiger partial charge in [0.1, 0.15) is 12.4 Å². The number of esters is 2. The lowest BCUT2D eigenvalue weighted by Crippen LogP contribution is -2.38. The zero-order valence-electron chi connectivity index (χ0n) is 14.3. The van der Waals surface area contributed by atoms with E-state index in [0.29, 0.717) is 11.5 Å². The van der Waals surface area contributed by atoms with Crippen molar-refractivity contribution in [3.63, 3.8) is 0 Å². The average molecular weight is 355 g/mol. The summed E-state index contributed by atoms with van der Waals surface area (Å²) in [5, 5.41) is 0. The summed E-state index contributed by atoms with van der Waals surface area (Å²) >= 11 is 0. The number of hydrogen-bond acceptors (Lipinski definition) is 8. The van der Waals surface area contributed by atoms with E-state index >= 15 is 0 Å². The Morgan fingerprint density at radius 1 is 1.08 bits per heavy atom. The predicted molar refractivity (Wildman–Crippen MR) is 91.8 cm³/mol. The standard InChI is InChI=1S/C18H17N3O5/c1-24-17(22)14-10-26-11-21(15(14)18(23)25-2)13-6-3-5-12(9-13)16-19-7-4-8-20-16/h3-9H,10-11H2,1-2H3. The van der Waals surface area contributed by atoms with Gasteiger partial charge in [0, 0.05) is 23.6 Å². The molecule has 0 saturated heterocycles. The Labute approximate surface area is 150 Å². The fourth-order valence-corrected chi connectivity index (χ4v) is 2.61. The first-order valence-electron chi connectivity index (χ1n) is 7.78. The van der Waals surface area contributed by atoms with Crippen LogP contribution in [0.1, 0.15) is 0 Å². The van der Waals surface area contributed by atoms with Gasteiger partial charge in [0.05, 0.1) is 26.4 Å². The fraction of sp³-hybridized carbons (Fsp3) is 0.222. The molecule has 0 aliphatic carbocycles. The van der Waals surface area contributed by atoms with Gasteiger partial charge in [-0.1, -0.05) is 12.1 Å². The Bertz CT molecular complexity index is 851. The number of aromatic nitrogens is 2. The third-order valence-corrected chi connectivity index (χ3v) is 3.81. The van der Waals surface area contributed by atoms with E-state index in [4.69, 9.17) is 14.2 Å². The summed E-state index contributed by atoms with van der Waals surface area (Å²) in [5.74, 6) is -0.739. The van der Waals surface area contributed by atoms with Crippen LogP contribution in [0.3, 0.4) is 0 Å². The second-order valence-electron chi connectivity index (χ2n) is 5.34. The highest BCUT2D eigenvalue weighted by atomic mass is 16.5. The van der Waals surface area contributed by atoms with Crippen LogP contribution in [0.2, 0.25) is 0 Å². The molecule has 2 heterocycles. The minimum atomic E-state index is -0.643. The average Bonchev–Trinajstić information content (AvgIpc) is 2.72. The van der Waals surface area contributed by atoms with Crippen molar-refractivity contribution >= 4 is 17.6 Å². The molecule has 0 radical (unpaired) electrons. The van der Waals surface area contributed by atoms with Crippen LogP contribution in [0.15, 0.2) is 54.0 Å². The van der Waals surface area contributed by atoms with E-state index in [1.807, 2.05) is 18.2 Å². The van der Waals surface area contributed by atoms with Crippen molar-refractivity contribution in [2.75, 3.05) is 32.5 Å². The summed E-state index contributed by atoms with van der Waals surface area (Å²) in [6, 6.07) is 8.99. The molecule has 8 heteroatoms. The Balaban J connectivity index is 2.07. The van der Waals surface area contributed by atoms with Crippen LogP contribution in [-0.2, 0) is 23.8 Å².